The van der Waals surface area contributed by atoms with Crippen LogP contribution in [0.1, 0.15) is 15.2 Å². The summed E-state index contributed by atoms with van der Waals surface area (Å²) in [7, 11) is 4.06. The van der Waals surface area contributed by atoms with Crippen LogP contribution >= 0.6 is 11.3 Å². The number of carbonyl (C=O) groups is 1. The van der Waals surface area contributed by atoms with E-state index in [-0.39, 0.29) is 5.91 Å². The van der Waals surface area contributed by atoms with Gasteiger partial charge in [0.25, 0.3) is 5.91 Å². The first kappa shape index (κ1) is 14.7. The van der Waals surface area contributed by atoms with Crippen LogP contribution in [0.2, 0.25) is 0 Å². The molecule has 1 amide bonds. The van der Waals surface area contributed by atoms with Gasteiger partial charge in [-0.1, -0.05) is 6.07 Å². The molecule has 3 aromatic rings. The average molecular weight is 315 g/mol. The quantitative estimate of drug-likeness (QED) is 0.785. The lowest BCUT2D eigenvalue weighted by atomic mass is 10.2. The summed E-state index contributed by atoms with van der Waals surface area (Å²) in [5, 5.41) is 4.70. The molecule has 22 heavy (non-hydrogen) atoms. The van der Waals surface area contributed by atoms with Crippen LogP contribution in [0, 0.1) is 0 Å². The largest absolute Gasteiger partial charge is 0.462 e. The Bertz CT molecular complexity index is 778. The molecule has 0 bridgehead atoms. The second-order valence-electron chi connectivity index (χ2n) is 5.29. The second-order valence-corrected chi connectivity index (χ2v) is 6.24. The van der Waals surface area contributed by atoms with Gasteiger partial charge < -0.3 is 14.6 Å². The van der Waals surface area contributed by atoms with E-state index >= 15 is 0 Å². The van der Waals surface area contributed by atoms with E-state index in [0.717, 1.165) is 29.6 Å². The van der Waals surface area contributed by atoms with E-state index in [1.54, 1.807) is 18.4 Å². The van der Waals surface area contributed by atoms with Crippen molar-refractivity contribution in [1.82, 2.24) is 9.88 Å². The lowest BCUT2D eigenvalue weighted by Gasteiger charge is -2.07. The first-order valence-electron chi connectivity index (χ1n) is 7.00. The van der Waals surface area contributed by atoms with E-state index in [4.69, 9.17) is 4.42 Å². The number of nitrogens with one attached hydrogen (secondary N) is 1. The van der Waals surface area contributed by atoms with Crippen LogP contribution < -0.4 is 5.32 Å². The highest BCUT2D eigenvalue weighted by Gasteiger charge is 2.11. The number of hydrogen-bond donors (Lipinski definition) is 1. The van der Waals surface area contributed by atoms with Crippen molar-refractivity contribution in [3.05, 3.63) is 46.3 Å². The molecule has 0 aliphatic heterocycles. The third-order valence-electron chi connectivity index (χ3n) is 3.31. The molecule has 0 radical (unpaired) electrons. The van der Waals surface area contributed by atoms with Gasteiger partial charge in [0.1, 0.15) is 11.3 Å². The van der Waals surface area contributed by atoms with E-state index in [0.29, 0.717) is 10.7 Å². The fourth-order valence-electron chi connectivity index (χ4n) is 2.14. The first-order chi connectivity index (χ1) is 10.6. The van der Waals surface area contributed by atoms with Gasteiger partial charge in [-0.15, -0.1) is 11.3 Å². The minimum atomic E-state index is -0.139. The third-order valence-corrected chi connectivity index (χ3v) is 4.17. The Hall–Kier alpha value is -2.18. The summed E-state index contributed by atoms with van der Waals surface area (Å²) in [5.41, 5.74) is 2.60. The predicted molar refractivity (Wildman–Crippen MR) is 88.5 cm³/mol. The van der Waals surface area contributed by atoms with Crippen molar-refractivity contribution in [3.63, 3.8) is 0 Å². The summed E-state index contributed by atoms with van der Waals surface area (Å²) in [6.07, 6.45) is 2.60. The van der Waals surface area contributed by atoms with Crippen LogP contribution in [0.3, 0.4) is 0 Å². The van der Waals surface area contributed by atoms with Gasteiger partial charge in [-0.3, -0.25) is 4.79 Å². The van der Waals surface area contributed by atoms with Crippen LogP contribution in [-0.4, -0.2) is 36.4 Å². The number of hydrogen-bond acceptors (Lipinski definition) is 5. The molecule has 0 fully saturated rings. The summed E-state index contributed by atoms with van der Waals surface area (Å²) in [6.45, 7) is 0.919. The molecule has 0 atom stereocenters. The van der Waals surface area contributed by atoms with Gasteiger partial charge in [0.15, 0.2) is 5.58 Å². The SMILES string of the molecule is CN(C)CCc1coc2ccc(NC(=O)c3cccs3)nc12. The van der Waals surface area contributed by atoms with Gasteiger partial charge in [-0.25, -0.2) is 4.98 Å². The minimum absolute atomic E-state index is 0.139. The molecule has 0 saturated carbocycles. The Morgan fingerprint density at radius 1 is 1.36 bits per heavy atom. The normalized spacial score (nSPS) is 11.2. The molecule has 5 nitrogen and oxygen atoms in total. The topological polar surface area (TPSA) is 58.4 Å². The Morgan fingerprint density at radius 3 is 2.95 bits per heavy atom. The van der Waals surface area contributed by atoms with Crippen molar-refractivity contribution in [1.29, 1.82) is 0 Å². The Labute approximate surface area is 132 Å². The van der Waals surface area contributed by atoms with E-state index in [1.807, 2.05) is 31.6 Å². The Morgan fingerprint density at radius 2 is 2.23 bits per heavy atom. The molecule has 0 saturated heterocycles. The summed E-state index contributed by atoms with van der Waals surface area (Å²) in [6, 6.07) is 7.24. The molecular formula is C16H17N3O2S. The van der Waals surface area contributed by atoms with Crippen LogP contribution in [0.5, 0.6) is 0 Å². The Kier molecular flexibility index (Phi) is 4.22. The molecule has 0 unspecified atom stereocenters. The van der Waals surface area contributed by atoms with Gasteiger partial charge in [-0.05, 0) is 44.1 Å². The van der Waals surface area contributed by atoms with E-state index in [2.05, 4.69) is 15.2 Å². The molecule has 3 rings (SSSR count). The molecule has 3 aromatic heterocycles. The van der Waals surface area contributed by atoms with Crippen molar-refractivity contribution in [2.75, 3.05) is 26.0 Å². The number of rotatable bonds is 5. The number of carbonyl (C=O) groups excluding carboxylic acids is 1. The minimum Gasteiger partial charge on any atom is -0.462 e. The molecule has 0 aliphatic rings. The monoisotopic (exact) mass is 315 g/mol. The maximum absolute atomic E-state index is 12.1. The number of nitrogens with zero attached hydrogens (tertiary/aromatic N) is 2. The fourth-order valence-corrected chi connectivity index (χ4v) is 2.76. The third kappa shape index (κ3) is 3.18. The highest BCUT2D eigenvalue weighted by molar-refractivity contribution is 7.12. The van der Waals surface area contributed by atoms with Crippen LogP contribution in [0.4, 0.5) is 5.82 Å². The van der Waals surface area contributed by atoms with Crippen molar-refractivity contribution in [2.24, 2.45) is 0 Å². The molecular weight excluding hydrogens is 298 g/mol. The van der Waals surface area contributed by atoms with E-state index < -0.39 is 0 Å². The van der Waals surface area contributed by atoms with Gasteiger partial charge in [-0.2, -0.15) is 0 Å². The van der Waals surface area contributed by atoms with Gasteiger partial charge >= 0.3 is 0 Å². The molecule has 0 aromatic carbocycles. The maximum atomic E-state index is 12.1. The number of furan rings is 1. The second kappa shape index (κ2) is 6.29. The summed E-state index contributed by atoms with van der Waals surface area (Å²) in [5.74, 6) is 0.401. The fraction of sp³-hybridized carbons (Fsp3) is 0.250. The van der Waals surface area contributed by atoms with Gasteiger partial charge in [0.2, 0.25) is 0 Å². The van der Waals surface area contributed by atoms with Gasteiger partial charge in [0.05, 0.1) is 11.1 Å². The van der Waals surface area contributed by atoms with Crippen molar-refractivity contribution in [2.45, 2.75) is 6.42 Å². The summed E-state index contributed by atoms with van der Waals surface area (Å²) < 4.78 is 5.52. The molecule has 0 aliphatic carbocycles. The standard InChI is InChI=1S/C16H17N3O2S/c1-19(2)8-7-11-10-21-12-5-6-14(17-15(11)12)18-16(20)13-4-3-9-22-13/h3-6,9-10H,7-8H2,1-2H3,(H,17,18,20). The molecule has 1 N–H and O–H groups in total. The first-order valence-corrected chi connectivity index (χ1v) is 7.88. The molecule has 0 spiro atoms. The van der Waals surface area contributed by atoms with Crippen LogP contribution in [0.25, 0.3) is 11.1 Å². The predicted octanol–water partition coefficient (Wildman–Crippen LogP) is 3.25. The van der Waals surface area contributed by atoms with Crippen molar-refractivity contribution in [3.8, 4) is 0 Å². The lowest BCUT2D eigenvalue weighted by Crippen LogP contribution is -2.15. The number of thiophene rings is 1. The highest BCUT2D eigenvalue weighted by atomic mass is 32.1. The Balaban J connectivity index is 1.82. The van der Waals surface area contributed by atoms with Gasteiger partial charge in [0, 0.05) is 12.1 Å². The van der Waals surface area contributed by atoms with Crippen LogP contribution in [0.15, 0.2) is 40.3 Å². The highest BCUT2D eigenvalue weighted by Crippen LogP contribution is 2.22. The number of aromatic nitrogens is 1. The zero-order chi connectivity index (χ0) is 15.5. The number of anilines is 1. The lowest BCUT2D eigenvalue weighted by molar-refractivity contribution is 0.103. The molecule has 3 heterocycles. The van der Waals surface area contributed by atoms with E-state index in [9.17, 15) is 4.79 Å². The number of amides is 1. The maximum Gasteiger partial charge on any atom is 0.266 e. The summed E-state index contributed by atoms with van der Waals surface area (Å²) >= 11 is 1.41. The number of likely N-dealkylation sites (N-methyl/N-ethyl adjacent to an activating group) is 1. The van der Waals surface area contributed by atoms with Crippen LogP contribution in [-0.2, 0) is 6.42 Å². The smallest absolute Gasteiger partial charge is 0.266 e. The number of fused-ring (bicyclic) bond motifs is 1. The average Bonchev–Trinajstić information content (AvgIpc) is 3.14. The summed E-state index contributed by atoms with van der Waals surface area (Å²) in [4.78, 5) is 19.4. The van der Waals surface area contributed by atoms with Crippen molar-refractivity contribution < 1.29 is 9.21 Å². The molecule has 6 heteroatoms. The zero-order valence-corrected chi connectivity index (χ0v) is 13.3. The number of pyridine rings is 1. The van der Waals surface area contributed by atoms with Crippen molar-refractivity contribution >= 4 is 34.2 Å². The van der Waals surface area contributed by atoms with E-state index in [1.165, 1.54) is 11.3 Å². The zero-order valence-electron chi connectivity index (χ0n) is 12.5. The molecule has 114 valence electrons.